The SMILES string of the molecule is COC(=O)c1cc(N)ccc1NCc1cscc1C. The molecule has 1 heterocycles. The first kappa shape index (κ1) is 13.4. The summed E-state index contributed by atoms with van der Waals surface area (Å²) in [5.41, 5.74) is 9.89. The summed E-state index contributed by atoms with van der Waals surface area (Å²) < 4.78 is 4.76. The third-order valence-corrected chi connectivity index (χ3v) is 3.79. The fourth-order valence-electron chi connectivity index (χ4n) is 1.75. The van der Waals surface area contributed by atoms with Gasteiger partial charge in [-0.2, -0.15) is 11.3 Å². The summed E-state index contributed by atoms with van der Waals surface area (Å²) in [7, 11) is 1.36. The number of ether oxygens (including phenoxy) is 1. The molecule has 0 aliphatic carbocycles. The fraction of sp³-hybridized carbons (Fsp3) is 0.214. The highest BCUT2D eigenvalue weighted by molar-refractivity contribution is 7.08. The topological polar surface area (TPSA) is 64.3 Å². The predicted molar refractivity (Wildman–Crippen MR) is 78.6 cm³/mol. The van der Waals surface area contributed by atoms with Crippen molar-refractivity contribution in [2.45, 2.75) is 13.5 Å². The van der Waals surface area contributed by atoms with Crippen molar-refractivity contribution in [1.29, 1.82) is 0 Å². The molecular formula is C14H16N2O2S. The number of aryl methyl sites for hydroxylation is 1. The number of hydrogen-bond acceptors (Lipinski definition) is 5. The molecule has 0 bridgehead atoms. The number of nitrogen functional groups attached to an aromatic ring is 1. The van der Waals surface area contributed by atoms with Gasteiger partial charge in [-0.15, -0.1) is 0 Å². The first-order valence-electron chi connectivity index (χ1n) is 5.85. The number of nitrogens with two attached hydrogens (primary N) is 1. The third kappa shape index (κ3) is 3.06. The Labute approximate surface area is 116 Å². The molecule has 0 radical (unpaired) electrons. The maximum atomic E-state index is 11.7. The van der Waals surface area contributed by atoms with E-state index in [0.717, 1.165) is 5.69 Å². The average Bonchev–Trinajstić information content (AvgIpc) is 2.82. The van der Waals surface area contributed by atoms with E-state index in [0.29, 0.717) is 17.8 Å². The first-order valence-corrected chi connectivity index (χ1v) is 6.79. The van der Waals surface area contributed by atoms with Crippen LogP contribution in [0.4, 0.5) is 11.4 Å². The highest BCUT2D eigenvalue weighted by Gasteiger charge is 2.12. The average molecular weight is 276 g/mol. The molecular weight excluding hydrogens is 260 g/mol. The Balaban J connectivity index is 2.20. The summed E-state index contributed by atoms with van der Waals surface area (Å²) in [5.74, 6) is -0.392. The van der Waals surface area contributed by atoms with Gasteiger partial charge in [0.1, 0.15) is 0 Å². The summed E-state index contributed by atoms with van der Waals surface area (Å²) in [6, 6.07) is 5.17. The standard InChI is InChI=1S/C14H16N2O2S/c1-9-7-19-8-10(9)6-16-13-4-3-11(15)5-12(13)14(17)18-2/h3-5,7-8,16H,6,15H2,1-2H3. The zero-order valence-electron chi connectivity index (χ0n) is 10.9. The van der Waals surface area contributed by atoms with Crippen molar-refractivity contribution in [3.8, 4) is 0 Å². The Kier molecular flexibility index (Phi) is 4.06. The van der Waals surface area contributed by atoms with Crippen molar-refractivity contribution in [3.63, 3.8) is 0 Å². The zero-order valence-corrected chi connectivity index (χ0v) is 11.7. The molecule has 0 saturated heterocycles. The van der Waals surface area contributed by atoms with E-state index in [9.17, 15) is 4.79 Å². The van der Waals surface area contributed by atoms with Gasteiger partial charge in [-0.05, 0) is 47.0 Å². The van der Waals surface area contributed by atoms with Gasteiger partial charge in [0.05, 0.1) is 12.7 Å². The molecule has 2 aromatic rings. The van der Waals surface area contributed by atoms with Crippen LogP contribution in [0, 0.1) is 6.92 Å². The van der Waals surface area contributed by atoms with Gasteiger partial charge in [-0.1, -0.05) is 0 Å². The van der Waals surface area contributed by atoms with Gasteiger partial charge in [-0.25, -0.2) is 4.79 Å². The molecule has 0 unspecified atom stereocenters. The van der Waals surface area contributed by atoms with E-state index in [-0.39, 0.29) is 0 Å². The number of carbonyl (C=O) groups excluding carboxylic acids is 1. The molecule has 0 aliphatic heterocycles. The maximum Gasteiger partial charge on any atom is 0.340 e. The quantitative estimate of drug-likeness (QED) is 0.665. The second kappa shape index (κ2) is 5.75. The molecule has 1 aromatic heterocycles. The van der Waals surface area contributed by atoms with Crippen LogP contribution in [-0.4, -0.2) is 13.1 Å². The lowest BCUT2D eigenvalue weighted by Gasteiger charge is -2.11. The Bertz CT molecular complexity index is 593. The number of nitrogens with one attached hydrogen (secondary N) is 1. The van der Waals surface area contributed by atoms with Crippen LogP contribution in [0.2, 0.25) is 0 Å². The van der Waals surface area contributed by atoms with Gasteiger partial charge < -0.3 is 15.8 Å². The second-order valence-electron chi connectivity index (χ2n) is 4.23. The Morgan fingerprint density at radius 1 is 1.42 bits per heavy atom. The van der Waals surface area contributed by atoms with Gasteiger partial charge >= 0.3 is 5.97 Å². The smallest absolute Gasteiger partial charge is 0.340 e. The highest BCUT2D eigenvalue weighted by atomic mass is 32.1. The van der Waals surface area contributed by atoms with E-state index in [2.05, 4.69) is 23.0 Å². The Morgan fingerprint density at radius 3 is 2.84 bits per heavy atom. The normalized spacial score (nSPS) is 10.2. The van der Waals surface area contributed by atoms with Crippen LogP contribution in [0.5, 0.6) is 0 Å². The van der Waals surface area contributed by atoms with Crippen molar-refractivity contribution in [1.82, 2.24) is 0 Å². The molecule has 0 atom stereocenters. The summed E-state index contributed by atoms with van der Waals surface area (Å²) >= 11 is 1.67. The summed E-state index contributed by atoms with van der Waals surface area (Å²) in [6.07, 6.45) is 0. The van der Waals surface area contributed by atoms with Crippen molar-refractivity contribution < 1.29 is 9.53 Å². The lowest BCUT2D eigenvalue weighted by Crippen LogP contribution is -2.09. The fourth-order valence-corrected chi connectivity index (χ4v) is 2.61. The van der Waals surface area contributed by atoms with Gasteiger partial charge in [0.25, 0.3) is 0 Å². The van der Waals surface area contributed by atoms with E-state index in [4.69, 9.17) is 10.5 Å². The van der Waals surface area contributed by atoms with Crippen LogP contribution >= 0.6 is 11.3 Å². The van der Waals surface area contributed by atoms with Gasteiger partial charge in [0.2, 0.25) is 0 Å². The number of anilines is 2. The third-order valence-electron chi connectivity index (χ3n) is 2.88. The number of benzene rings is 1. The van der Waals surface area contributed by atoms with Crippen molar-refractivity contribution in [2.75, 3.05) is 18.2 Å². The Hall–Kier alpha value is -2.01. The number of esters is 1. The maximum absolute atomic E-state index is 11.7. The number of rotatable bonds is 4. The van der Waals surface area contributed by atoms with Gasteiger partial charge in [0.15, 0.2) is 0 Å². The van der Waals surface area contributed by atoms with E-state index in [1.54, 1.807) is 29.5 Å². The Morgan fingerprint density at radius 2 is 2.21 bits per heavy atom. The number of thiophene rings is 1. The van der Waals surface area contributed by atoms with Crippen LogP contribution in [0.15, 0.2) is 29.0 Å². The minimum atomic E-state index is -0.392. The number of methoxy groups -OCH3 is 1. The number of hydrogen-bond donors (Lipinski definition) is 2. The molecule has 1 aromatic carbocycles. The number of carbonyl (C=O) groups is 1. The van der Waals surface area contributed by atoms with Crippen molar-refractivity contribution >= 4 is 28.7 Å². The lowest BCUT2D eigenvalue weighted by atomic mass is 10.1. The van der Waals surface area contributed by atoms with Crippen LogP contribution in [0.1, 0.15) is 21.5 Å². The van der Waals surface area contributed by atoms with E-state index in [1.807, 2.05) is 0 Å². The highest BCUT2D eigenvalue weighted by Crippen LogP contribution is 2.22. The molecule has 100 valence electrons. The molecule has 2 rings (SSSR count). The van der Waals surface area contributed by atoms with Crippen LogP contribution in [0.3, 0.4) is 0 Å². The molecule has 0 aliphatic rings. The first-order chi connectivity index (χ1) is 9.11. The minimum absolute atomic E-state index is 0.392. The molecule has 0 fully saturated rings. The van der Waals surface area contributed by atoms with Crippen molar-refractivity contribution in [2.24, 2.45) is 0 Å². The van der Waals surface area contributed by atoms with E-state index < -0.39 is 5.97 Å². The zero-order chi connectivity index (χ0) is 13.8. The largest absolute Gasteiger partial charge is 0.465 e. The summed E-state index contributed by atoms with van der Waals surface area (Å²) in [4.78, 5) is 11.7. The van der Waals surface area contributed by atoms with Crippen LogP contribution in [-0.2, 0) is 11.3 Å². The van der Waals surface area contributed by atoms with Gasteiger partial charge in [0, 0.05) is 17.9 Å². The monoisotopic (exact) mass is 276 g/mol. The van der Waals surface area contributed by atoms with Crippen LogP contribution < -0.4 is 11.1 Å². The molecule has 0 saturated carbocycles. The van der Waals surface area contributed by atoms with Crippen molar-refractivity contribution in [3.05, 3.63) is 45.6 Å². The molecule has 19 heavy (non-hydrogen) atoms. The van der Waals surface area contributed by atoms with E-state index in [1.165, 1.54) is 18.2 Å². The molecule has 5 heteroatoms. The van der Waals surface area contributed by atoms with Crippen LogP contribution in [0.25, 0.3) is 0 Å². The van der Waals surface area contributed by atoms with E-state index >= 15 is 0 Å². The summed E-state index contributed by atoms with van der Waals surface area (Å²) in [6.45, 7) is 2.74. The predicted octanol–water partition coefficient (Wildman–Crippen LogP) is 3.04. The van der Waals surface area contributed by atoms with Gasteiger partial charge in [-0.3, -0.25) is 0 Å². The second-order valence-corrected chi connectivity index (χ2v) is 4.97. The summed E-state index contributed by atoms with van der Waals surface area (Å²) in [5, 5.41) is 7.44. The lowest BCUT2D eigenvalue weighted by molar-refractivity contribution is 0.0602. The molecule has 4 nitrogen and oxygen atoms in total. The minimum Gasteiger partial charge on any atom is -0.465 e. The molecule has 3 N–H and O–H groups in total. The molecule has 0 amide bonds. The molecule has 0 spiro atoms.